The summed E-state index contributed by atoms with van der Waals surface area (Å²) in [5, 5.41) is 13.6. The molecule has 2 rings (SSSR count). The Morgan fingerprint density at radius 3 is 2.53 bits per heavy atom. The van der Waals surface area contributed by atoms with E-state index >= 15 is 0 Å². The SMILES string of the molecule is CCNC(=NCCCNC(=O)OC(C)(C)C)NCCc1ccc(-n2cccn2)cc1. The summed E-state index contributed by atoms with van der Waals surface area (Å²) in [6.45, 7) is 10.3. The van der Waals surface area contributed by atoms with Gasteiger partial charge in [-0.1, -0.05) is 12.1 Å². The summed E-state index contributed by atoms with van der Waals surface area (Å²) in [4.78, 5) is 16.2. The molecule has 0 spiro atoms. The Balaban J connectivity index is 1.70. The molecular formula is C22H34N6O2. The maximum absolute atomic E-state index is 11.6. The van der Waals surface area contributed by atoms with Gasteiger partial charge in [0.1, 0.15) is 5.60 Å². The van der Waals surface area contributed by atoms with Gasteiger partial charge in [0.05, 0.1) is 5.69 Å². The van der Waals surface area contributed by atoms with Crippen molar-refractivity contribution < 1.29 is 9.53 Å². The van der Waals surface area contributed by atoms with Gasteiger partial charge in [0, 0.05) is 38.6 Å². The van der Waals surface area contributed by atoms with Crippen LogP contribution in [0.2, 0.25) is 0 Å². The lowest BCUT2D eigenvalue weighted by Gasteiger charge is -2.19. The zero-order valence-corrected chi connectivity index (χ0v) is 18.4. The Kier molecular flexibility index (Phi) is 9.18. The summed E-state index contributed by atoms with van der Waals surface area (Å²) < 4.78 is 7.05. The second-order valence-corrected chi connectivity index (χ2v) is 7.84. The smallest absolute Gasteiger partial charge is 0.407 e. The number of benzene rings is 1. The summed E-state index contributed by atoms with van der Waals surface area (Å²) >= 11 is 0. The molecule has 0 aliphatic heterocycles. The van der Waals surface area contributed by atoms with Gasteiger partial charge >= 0.3 is 6.09 Å². The minimum absolute atomic E-state index is 0.393. The number of nitrogens with zero attached hydrogens (tertiary/aromatic N) is 3. The van der Waals surface area contributed by atoms with E-state index in [0.717, 1.165) is 37.6 Å². The van der Waals surface area contributed by atoms with Gasteiger partial charge in [-0.3, -0.25) is 4.99 Å². The van der Waals surface area contributed by atoms with Crippen molar-refractivity contribution in [3.05, 3.63) is 48.3 Å². The third-order valence-corrected chi connectivity index (χ3v) is 4.03. The van der Waals surface area contributed by atoms with Gasteiger partial charge in [0.25, 0.3) is 0 Å². The molecule has 2 aromatic rings. The molecule has 1 amide bonds. The molecule has 1 aromatic carbocycles. The summed E-state index contributed by atoms with van der Waals surface area (Å²) in [7, 11) is 0. The van der Waals surface area contributed by atoms with Crippen LogP contribution >= 0.6 is 0 Å². The van der Waals surface area contributed by atoms with Crippen molar-refractivity contribution in [2.45, 2.75) is 46.1 Å². The number of carbonyl (C=O) groups excluding carboxylic acids is 1. The van der Waals surface area contributed by atoms with E-state index in [2.05, 4.69) is 50.3 Å². The lowest BCUT2D eigenvalue weighted by molar-refractivity contribution is 0.0527. The topological polar surface area (TPSA) is 92.6 Å². The number of hydrogen-bond acceptors (Lipinski definition) is 4. The van der Waals surface area contributed by atoms with Crippen molar-refractivity contribution >= 4 is 12.1 Å². The predicted octanol–water partition coefficient (Wildman–Crippen LogP) is 2.88. The standard InChI is InChI=1S/C22H34N6O2/c1-5-23-20(24-13-6-14-26-21(29)30-22(2,3)4)25-16-12-18-8-10-19(11-9-18)28-17-7-15-27-28/h7-11,15,17H,5-6,12-14,16H2,1-4H3,(H,26,29)(H2,23,24,25). The van der Waals surface area contributed by atoms with E-state index in [1.807, 2.05) is 44.6 Å². The summed E-state index contributed by atoms with van der Waals surface area (Å²) in [6.07, 6.45) is 4.94. The van der Waals surface area contributed by atoms with Crippen LogP contribution in [-0.2, 0) is 11.2 Å². The first-order valence-electron chi connectivity index (χ1n) is 10.5. The molecule has 0 radical (unpaired) electrons. The number of alkyl carbamates (subject to hydrolysis) is 1. The lowest BCUT2D eigenvalue weighted by Crippen LogP contribution is -2.38. The number of amides is 1. The summed E-state index contributed by atoms with van der Waals surface area (Å²) in [5.41, 5.74) is 1.81. The Bertz CT molecular complexity index is 779. The zero-order chi connectivity index (χ0) is 21.8. The van der Waals surface area contributed by atoms with Crippen LogP contribution in [0.3, 0.4) is 0 Å². The second-order valence-electron chi connectivity index (χ2n) is 7.84. The third-order valence-electron chi connectivity index (χ3n) is 4.03. The molecule has 0 fully saturated rings. The second kappa shape index (κ2) is 11.8. The lowest BCUT2D eigenvalue weighted by atomic mass is 10.1. The molecule has 8 nitrogen and oxygen atoms in total. The van der Waals surface area contributed by atoms with Crippen LogP contribution in [0.25, 0.3) is 5.69 Å². The zero-order valence-electron chi connectivity index (χ0n) is 18.4. The van der Waals surface area contributed by atoms with Crippen molar-refractivity contribution in [2.24, 2.45) is 4.99 Å². The minimum Gasteiger partial charge on any atom is -0.444 e. The summed E-state index contributed by atoms with van der Waals surface area (Å²) in [6, 6.07) is 10.3. The van der Waals surface area contributed by atoms with Crippen LogP contribution in [0.15, 0.2) is 47.7 Å². The molecule has 8 heteroatoms. The molecule has 0 aliphatic rings. The largest absolute Gasteiger partial charge is 0.444 e. The molecule has 0 saturated carbocycles. The van der Waals surface area contributed by atoms with Gasteiger partial charge in [-0.2, -0.15) is 5.10 Å². The first kappa shape index (κ1) is 23.3. The maximum Gasteiger partial charge on any atom is 0.407 e. The van der Waals surface area contributed by atoms with Gasteiger partial charge in [-0.25, -0.2) is 9.48 Å². The Labute approximate surface area is 179 Å². The van der Waals surface area contributed by atoms with Crippen LogP contribution in [0.5, 0.6) is 0 Å². The van der Waals surface area contributed by atoms with Gasteiger partial charge in [-0.05, 0) is 64.3 Å². The van der Waals surface area contributed by atoms with Crippen LogP contribution in [0.1, 0.15) is 39.7 Å². The van der Waals surface area contributed by atoms with E-state index < -0.39 is 11.7 Å². The molecule has 0 aliphatic carbocycles. The number of carbonyl (C=O) groups is 1. The quantitative estimate of drug-likeness (QED) is 0.333. The number of rotatable bonds is 9. The number of aliphatic imine (C=N–C) groups is 1. The average Bonchev–Trinajstić information content (AvgIpc) is 3.21. The molecule has 0 unspecified atom stereocenters. The van der Waals surface area contributed by atoms with Gasteiger partial charge in [-0.15, -0.1) is 0 Å². The van der Waals surface area contributed by atoms with Gasteiger partial charge in [0.2, 0.25) is 0 Å². The van der Waals surface area contributed by atoms with Crippen molar-refractivity contribution in [3.8, 4) is 5.69 Å². The van der Waals surface area contributed by atoms with Gasteiger partial charge in [0.15, 0.2) is 5.96 Å². The molecule has 0 atom stereocenters. The average molecular weight is 415 g/mol. The van der Waals surface area contributed by atoms with E-state index in [9.17, 15) is 4.79 Å². The van der Waals surface area contributed by atoms with E-state index in [-0.39, 0.29) is 0 Å². The number of aromatic nitrogens is 2. The molecule has 1 heterocycles. The van der Waals surface area contributed by atoms with Crippen LogP contribution in [0.4, 0.5) is 4.79 Å². The van der Waals surface area contributed by atoms with E-state index in [4.69, 9.17) is 4.74 Å². The molecule has 30 heavy (non-hydrogen) atoms. The highest BCUT2D eigenvalue weighted by Crippen LogP contribution is 2.09. The fourth-order valence-corrected chi connectivity index (χ4v) is 2.68. The Hall–Kier alpha value is -3.03. The number of nitrogens with one attached hydrogen (secondary N) is 3. The van der Waals surface area contributed by atoms with Crippen molar-refractivity contribution in [3.63, 3.8) is 0 Å². The Morgan fingerprint density at radius 2 is 1.90 bits per heavy atom. The first-order chi connectivity index (χ1) is 14.4. The molecule has 0 saturated heterocycles. The number of guanidine groups is 1. The van der Waals surface area contributed by atoms with Crippen molar-refractivity contribution in [1.29, 1.82) is 0 Å². The predicted molar refractivity (Wildman–Crippen MR) is 120 cm³/mol. The van der Waals surface area contributed by atoms with E-state index in [1.165, 1.54) is 5.56 Å². The minimum atomic E-state index is -0.482. The van der Waals surface area contributed by atoms with E-state index in [0.29, 0.717) is 13.1 Å². The highest BCUT2D eigenvalue weighted by Gasteiger charge is 2.15. The van der Waals surface area contributed by atoms with Crippen LogP contribution in [-0.4, -0.2) is 53.6 Å². The van der Waals surface area contributed by atoms with Gasteiger partial charge < -0.3 is 20.7 Å². The first-order valence-corrected chi connectivity index (χ1v) is 10.5. The molecular weight excluding hydrogens is 380 g/mol. The van der Waals surface area contributed by atoms with Crippen molar-refractivity contribution in [1.82, 2.24) is 25.7 Å². The highest BCUT2D eigenvalue weighted by atomic mass is 16.6. The maximum atomic E-state index is 11.6. The third kappa shape index (κ3) is 8.98. The van der Waals surface area contributed by atoms with Crippen LogP contribution in [0, 0.1) is 0 Å². The normalized spacial score (nSPS) is 11.8. The summed E-state index contributed by atoms with van der Waals surface area (Å²) in [5.74, 6) is 0.780. The highest BCUT2D eigenvalue weighted by molar-refractivity contribution is 5.79. The molecule has 3 N–H and O–H groups in total. The van der Waals surface area contributed by atoms with Crippen LogP contribution < -0.4 is 16.0 Å². The van der Waals surface area contributed by atoms with E-state index in [1.54, 1.807) is 6.20 Å². The molecule has 0 bridgehead atoms. The Morgan fingerprint density at radius 1 is 1.13 bits per heavy atom. The number of hydrogen-bond donors (Lipinski definition) is 3. The monoisotopic (exact) mass is 414 g/mol. The number of ether oxygens (including phenoxy) is 1. The molecule has 1 aromatic heterocycles. The molecule has 164 valence electrons. The fraction of sp³-hybridized carbons (Fsp3) is 0.500. The fourth-order valence-electron chi connectivity index (χ4n) is 2.68. The van der Waals surface area contributed by atoms with Crippen molar-refractivity contribution in [2.75, 3.05) is 26.2 Å².